The lowest BCUT2D eigenvalue weighted by Crippen LogP contribution is -2.16. The van der Waals surface area contributed by atoms with Gasteiger partial charge in [0.05, 0.1) is 6.21 Å². The first-order valence-electron chi connectivity index (χ1n) is 9.00. The first-order chi connectivity index (χ1) is 13.1. The summed E-state index contributed by atoms with van der Waals surface area (Å²) in [5, 5.41) is 12.5. The van der Waals surface area contributed by atoms with Crippen LogP contribution in [-0.4, -0.2) is 23.2 Å². The number of nitrogens with one attached hydrogen (secondary N) is 1. The largest absolute Gasteiger partial charge is 0.481 e. The molecule has 0 atom stereocenters. The second-order valence-corrected chi connectivity index (χ2v) is 6.09. The number of carbonyl (C=O) groups is 2. The highest BCUT2D eigenvalue weighted by Gasteiger charge is 2.01. The summed E-state index contributed by atoms with van der Waals surface area (Å²) in [6, 6.07) is 16.9. The number of hydrazone groups is 1. The minimum atomic E-state index is -0.776. The van der Waals surface area contributed by atoms with Gasteiger partial charge in [0.1, 0.15) is 11.5 Å². The van der Waals surface area contributed by atoms with E-state index in [0.29, 0.717) is 12.8 Å². The maximum absolute atomic E-state index is 11.7. The standard InChI is InChI=1S/C21H24N2O4/c24-20(10-6-1-2-7-11-21(25)26)23-22-16-17-12-14-19(15-13-17)27-18-8-4-3-5-9-18/h3-5,8-9,12-16H,1-2,6-7,10-11H2,(H,23,24)(H,25,26)/b22-16+. The van der Waals surface area contributed by atoms with Crippen molar-refractivity contribution in [3.63, 3.8) is 0 Å². The van der Waals surface area contributed by atoms with Crippen molar-refractivity contribution >= 4 is 18.1 Å². The van der Waals surface area contributed by atoms with Gasteiger partial charge in [-0.25, -0.2) is 5.43 Å². The molecule has 0 aliphatic rings. The Hall–Kier alpha value is -3.15. The first kappa shape index (κ1) is 20.2. The van der Waals surface area contributed by atoms with Crippen molar-refractivity contribution in [1.29, 1.82) is 0 Å². The van der Waals surface area contributed by atoms with Crippen LogP contribution in [0.5, 0.6) is 11.5 Å². The SMILES string of the molecule is O=C(O)CCCCCCC(=O)N/N=C/c1ccc(Oc2ccccc2)cc1. The second-order valence-electron chi connectivity index (χ2n) is 6.09. The van der Waals surface area contributed by atoms with E-state index in [2.05, 4.69) is 10.5 Å². The van der Waals surface area contributed by atoms with Crippen LogP contribution in [0.3, 0.4) is 0 Å². The smallest absolute Gasteiger partial charge is 0.303 e. The van der Waals surface area contributed by atoms with Gasteiger partial charge in [0.25, 0.3) is 0 Å². The molecule has 0 radical (unpaired) electrons. The van der Waals surface area contributed by atoms with E-state index in [0.717, 1.165) is 36.3 Å². The molecule has 1 amide bonds. The van der Waals surface area contributed by atoms with E-state index < -0.39 is 5.97 Å². The molecule has 2 N–H and O–H groups in total. The number of carboxylic acids is 1. The van der Waals surface area contributed by atoms with Gasteiger partial charge in [0.15, 0.2) is 0 Å². The fourth-order valence-electron chi connectivity index (χ4n) is 2.40. The Morgan fingerprint density at radius 2 is 1.52 bits per heavy atom. The van der Waals surface area contributed by atoms with Gasteiger partial charge < -0.3 is 9.84 Å². The minimum Gasteiger partial charge on any atom is -0.481 e. The molecule has 0 saturated carbocycles. The Kier molecular flexibility index (Phi) is 8.56. The fourth-order valence-corrected chi connectivity index (χ4v) is 2.40. The van der Waals surface area contributed by atoms with E-state index >= 15 is 0 Å². The molecule has 0 bridgehead atoms. The molecule has 0 aromatic heterocycles. The molecule has 0 saturated heterocycles. The number of nitrogens with zero attached hydrogens (tertiary/aromatic N) is 1. The zero-order chi connectivity index (χ0) is 19.3. The second kappa shape index (κ2) is 11.5. The van der Waals surface area contributed by atoms with E-state index in [1.807, 2.05) is 54.6 Å². The molecule has 142 valence electrons. The molecule has 0 unspecified atom stereocenters. The molecule has 6 nitrogen and oxygen atoms in total. The Bertz CT molecular complexity index is 743. The number of aliphatic carboxylic acids is 1. The molecule has 2 rings (SSSR count). The molecule has 0 fully saturated rings. The van der Waals surface area contributed by atoms with Crippen LogP contribution in [0.15, 0.2) is 59.7 Å². The van der Waals surface area contributed by atoms with E-state index in [1.54, 1.807) is 6.21 Å². The summed E-state index contributed by atoms with van der Waals surface area (Å²) < 4.78 is 5.71. The average Bonchev–Trinajstić information content (AvgIpc) is 2.66. The number of unbranched alkanes of at least 4 members (excludes halogenated alkanes) is 3. The van der Waals surface area contributed by atoms with Crippen molar-refractivity contribution < 1.29 is 19.4 Å². The lowest BCUT2D eigenvalue weighted by Gasteiger charge is -2.05. The van der Waals surface area contributed by atoms with Gasteiger partial charge in [0, 0.05) is 12.8 Å². The van der Waals surface area contributed by atoms with Gasteiger partial charge in [-0.15, -0.1) is 0 Å². The van der Waals surface area contributed by atoms with Crippen LogP contribution in [0.4, 0.5) is 0 Å². The average molecular weight is 368 g/mol. The number of para-hydroxylation sites is 1. The molecule has 0 aliphatic carbocycles. The highest BCUT2D eigenvalue weighted by molar-refractivity contribution is 5.82. The summed E-state index contributed by atoms with van der Waals surface area (Å²) in [5.41, 5.74) is 3.35. The molecular weight excluding hydrogens is 344 g/mol. The van der Waals surface area contributed by atoms with Crippen LogP contribution in [0.1, 0.15) is 44.1 Å². The van der Waals surface area contributed by atoms with Crippen LogP contribution < -0.4 is 10.2 Å². The Balaban J connectivity index is 1.65. The normalized spacial score (nSPS) is 10.7. The Morgan fingerprint density at radius 3 is 2.19 bits per heavy atom. The zero-order valence-corrected chi connectivity index (χ0v) is 15.1. The predicted molar refractivity (Wildman–Crippen MR) is 104 cm³/mol. The van der Waals surface area contributed by atoms with Crippen molar-refractivity contribution in [2.24, 2.45) is 5.10 Å². The van der Waals surface area contributed by atoms with Crippen LogP contribution in [0.25, 0.3) is 0 Å². The van der Waals surface area contributed by atoms with Gasteiger partial charge >= 0.3 is 5.97 Å². The minimum absolute atomic E-state index is 0.145. The van der Waals surface area contributed by atoms with Crippen LogP contribution in [0, 0.1) is 0 Å². The molecule has 2 aromatic carbocycles. The maximum atomic E-state index is 11.7. The lowest BCUT2D eigenvalue weighted by atomic mass is 10.1. The van der Waals surface area contributed by atoms with Crippen molar-refractivity contribution in [3.8, 4) is 11.5 Å². The highest BCUT2D eigenvalue weighted by Crippen LogP contribution is 2.20. The number of ether oxygens (including phenoxy) is 1. The molecule has 6 heteroatoms. The van der Waals surface area contributed by atoms with E-state index in [1.165, 1.54) is 0 Å². The number of carboxylic acid groups (broad SMARTS) is 1. The summed E-state index contributed by atoms with van der Waals surface area (Å²) >= 11 is 0. The maximum Gasteiger partial charge on any atom is 0.303 e. The molecule has 0 aliphatic heterocycles. The van der Waals surface area contributed by atoms with Crippen LogP contribution in [0.2, 0.25) is 0 Å². The molecule has 27 heavy (non-hydrogen) atoms. The summed E-state index contributed by atoms with van der Waals surface area (Å²) in [6.45, 7) is 0. The van der Waals surface area contributed by atoms with Gasteiger partial charge in [-0.3, -0.25) is 9.59 Å². The third-order valence-electron chi connectivity index (χ3n) is 3.81. The van der Waals surface area contributed by atoms with Crippen LogP contribution in [-0.2, 0) is 9.59 Å². The van der Waals surface area contributed by atoms with Crippen LogP contribution >= 0.6 is 0 Å². The number of amides is 1. The van der Waals surface area contributed by atoms with Crippen molar-refractivity contribution in [2.45, 2.75) is 38.5 Å². The summed E-state index contributed by atoms with van der Waals surface area (Å²) in [4.78, 5) is 22.1. The monoisotopic (exact) mass is 368 g/mol. The Morgan fingerprint density at radius 1 is 0.889 bits per heavy atom. The Labute approximate surface area is 158 Å². The van der Waals surface area contributed by atoms with Crippen molar-refractivity contribution in [3.05, 3.63) is 60.2 Å². The quantitative estimate of drug-likeness (QED) is 0.350. The number of hydrogen-bond donors (Lipinski definition) is 2. The predicted octanol–water partition coefficient (Wildman–Crippen LogP) is 4.35. The highest BCUT2D eigenvalue weighted by atomic mass is 16.5. The number of carbonyl (C=O) groups excluding carboxylic acids is 1. The van der Waals surface area contributed by atoms with Crippen molar-refractivity contribution in [1.82, 2.24) is 5.43 Å². The van der Waals surface area contributed by atoms with E-state index in [4.69, 9.17) is 9.84 Å². The van der Waals surface area contributed by atoms with E-state index in [9.17, 15) is 9.59 Å². The molecule has 2 aromatic rings. The lowest BCUT2D eigenvalue weighted by molar-refractivity contribution is -0.137. The van der Waals surface area contributed by atoms with E-state index in [-0.39, 0.29) is 12.3 Å². The summed E-state index contributed by atoms with van der Waals surface area (Å²) in [7, 11) is 0. The van der Waals surface area contributed by atoms with Gasteiger partial charge in [0.2, 0.25) is 5.91 Å². The zero-order valence-electron chi connectivity index (χ0n) is 15.1. The molecular formula is C21H24N2O4. The number of hydrogen-bond acceptors (Lipinski definition) is 4. The first-order valence-corrected chi connectivity index (χ1v) is 9.00. The third kappa shape index (κ3) is 8.67. The summed E-state index contributed by atoms with van der Waals surface area (Å²) in [6.07, 6.45) is 5.19. The molecule has 0 spiro atoms. The fraction of sp³-hybridized carbons (Fsp3) is 0.286. The molecule has 0 heterocycles. The van der Waals surface area contributed by atoms with Gasteiger partial charge in [-0.05, 0) is 54.8 Å². The van der Waals surface area contributed by atoms with Crippen molar-refractivity contribution in [2.75, 3.05) is 0 Å². The van der Waals surface area contributed by atoms with Gasteiger partial charge in [-0.2, -0.15) is 5.10 Å². The summed E-state index contributed by atoms with van der Waals surface area (Å²) in [5.74, 6) is 0.578. The number of benzene rings is 2. The third-order valence-corrected chi connectivity index (χ3v) is 3.81. The van der Waals surface area contributed by atoms with Gasteiger partial charge in [-0.1, -0.05) is 31.0 Å². The number of rotatable bonds is 11. The topological polar surface area (TPSA) is 88.0 Å².